The molecule has 0 fully saturated rings. The van der Waals surface area contributed by atoms with Crippen molar-refractivity contribution in [3.05, 3.63) is 70.8 Å². The predicted molar refractivity (Wildman–Crippen MR) is 117 cm³/mol. The summed E-state index contributed by atoms with van der Waals surface area (Å²) < 4.78 is 5.84. The van der Waals surface area contributed by atoms with Gasteiger partial charge in [0.05, 0.1) is 6.10 Å². The maximum Gasteiger partial charge on any atom is 0.248 e. The van der Waals surface area contributed by atoms with Gasteiger partial charge >= 0.3 is 0 Å². The van der Waals surface area contributed by atoms with Crippen LogP contribution < -0.4 is 16.4 Å². The van der Waals surface area contributed by atoms with Crippen molar-refractivity contribution in [3.63, 3.8) is 0 Å². The molecule has 2 aromatic carbocycles. The topological polar surface area (TPSA) is 76.4 Å². The van der Waals surface area contributed by atoms with E-state index in [1.165, 1.54) is 16.7 Å². The number of carbonyl (C=O) groups excluding carboxylic acids is 1. The summed E-state index contributed by atoms with van der Waals surface area (Å²) >= 11 is 0. The molecule has 0 bridgehead atoms. The second kappa shape index (κ2) is 9.53. The molecule has 3 rings (SSSR count). The number of hydrogen-bond donors (Lipinski definition) is 3. The van der Waals surface area contributed by atoms with Crippen LogP contribution in [0.1, 0.15) is 47.3 Å². The third-order valence-corrected chi connectivity index (χ3v) is 6.03. The standard InChI is InChI=1S/C24H33N3O2/c1-24(2)20-14-19(23(25)28)11-10-18(20)15-21(29-3)22(24)27-13-7-12-26-16-17-8-5-4-6-9-17/h4-6,8-11,14,21-22,26-27H,7,12-13,15-16H2,1-3H3,(H2,25,28). The van der Waals surface area contributed by atoms with Gasteiger partial charge in [0, 0.05) is 37.1 Å². The summed E-state index contributed by atoms with van der Waals surface area (Å²) in [5, 5.41) is 7.22. The molecule has 2 unspecified atom stereocenters. The molecule has 1 aliphatic rings. The highest BCUT2D eigenvalue weighted by Gasteiger charge is 2.42. The normalized spacial score (nSPS) is 20.2. The van der Waals surface area contributed by atoms with E-state index in [-0.39, 0.29) is 23.5 Å². The molecule has 0 heterocycles. The number of benzene rings is 2. The molecule has 2 atom stereocenters. The van der Waals surface area contributed by atoms with Crippen molar-refractivity contribution in [2.24, 2.45) is 5.73 Å². The Labute approximate surface area is 174 Å². The van der Waals surface area contributed by atoms with Gasteiger partial charge in [0.25, 0.3) is 0 Å². The van der Waals surface area contributed by atoms with E-state index < -0.39 is 0 Å². The van der Waals surface area contributed by atoms with Crippen LogP contribution in [-0.2, 0) is 23.1 Å². The average molecular weight is 396 g/mol. The van der Waals surface area contributed by atoms with Crippen molar-refractivity contribution in [1.82, 2.24) is 10.6 Å². The van der Waals surface area contributed by atoms with Crippen molar-refractivity contribution < 1.29 is 9.53 Å². The maximum atomic E-state index is 11.6. The van der Waals surface area contributed by atoms with Crippen LogP contribution in [0.2, 0.25) is 0 Å². The quantitative estimate of drug-likeness (QED) is 0.571. The smallest absolute Gasteiger partial charge is 0.248 e. The largest absolute Gasteiger partial charge is 0.379 e. The van der Waals surface area contributed by atoms with Gasteiger partial charge < -0.3 is 21.1 Å². The number of rotatable bonds is 9. The number of nitrogens with one attached hydrogen (secondary N) is 2. The van der Waals surface area contributed by atoms with Crippen molar-refractivity contribution in [3.8, 4) is 0 Å². The fourth-order valence-corrected chi connectivity index (χ4v) is 4.38. The van der Waals surface area contributed by atoms with Crippen LogP contribution in [-0.4, -0.2) is 38.3 Å². The number of ether oxygens (including phenoxy) is 1. The number of nitrogens with two attached hydrogens (primary N) is 1. The van der Waals surface area contributed by atoms with Crippen molar-refractivity contribution in [2.45, 2.75) is 50.8 Å². The van der Waals surface area contributed by atoms with E-state index in [0.29, 0.717) is 5.56 Å². The Morgan fingerprint density at radius 2 is 1.93 bits per heavy atom. The number of fused-ring (bicyclic) bond motifs is 1. The fourth-order valence-electron chi connectivity index (χ4n) is 4.38. The van der Waals surface area contributed by atoms with Gasteiger partial charge in [0.2, 0.25) is 5.91 Å². The zero-order valence-electron chi connectivity index (χ0n) is 17.7. The first-order valence-corrected chi connectivity index (χ1v) is 10.4. The minimum Gasteiger partial charge on any atom is -0.379 e. The SMILES string of the molecule is COC1Cc2ccc(C(N)=O)cc2C(C)(C)C1NCCCNCc1ccccc1. The van der Waals surface area contributed by atoms with Gasteiger partial charge in [0.1, 0.15) is 0 Å². The zero-order valence-corrected chi connectivity index (χ0v) is 17.7. The third-order valence-electron chi connectivity index (χ3n) is 6.03. The van der Waals surface area contributed by atoms with Crippen molar-refractivity contribution in [2.75, 3.05) is 20.2 Å². The summed E-state index contributed by atoms with van der Waals surface area (Å²) in [6.07, 6.45) is 1.96. The number of amides is 1. The lowest BCUT2D eigenvalue weighted by molar-refractivity contribution is 0.0356. The molecular formula is C24H33N3O2. The van der Waals surface area contributed by atoms with E-state index in [4.69, 9.17) is 10.5 Å². The molecule has 1 aliphatic carbocycles. The van der Waals surface area contributed by atoms with Crippen LogP contribution in [0.4, 0.5) is 0 Å². The lowest BCUT2D eigenvalue weighted by Gasteiger charge is -2.45. The van der Waals surface area contributed by atoms with Crippen LogP contribution in [0.15, 0.2) is 48.5 Å². The lowest BCUT2D eigenvalue weighted by atomic mass is 9.67. The van der Waals surface area contributed by atoms with Gasteiger partial charge in [-0.25, -0.2) is 0 Å². The van der Waals surface area contributed by atoms with Crippen molar-refractivity contribution in [1.29, 1.82) is 0 Å². The van der Waals surface area contributed by atoms with E-state index >= 15 is 0 Å². The van der Waals surface area contributed by atoms with E-state index in [1.54, 1.807) is 7.11 Å². The van der Waals surface area contributed by atoms with Crippen LogP contribution >= 0.6 is 0 Å². The Balaban J connectivity index is 1.59. The molecule has 4 N–H and O–H groups in total. The summed E-state index contributed by atoms with van der Waals surface area (Å²) in [6.45, 7) is 7.18. The Kier molecular flexibility index (Phi) is 7.06. The molecule has 5 heteroatoms. The first-order chi connectivity index (χ1) is 13.9. The third kappa shape index (κ3) is 5.04. The molecule has 29 heavy (non-hydrogen) atoms. The molecule has 0 saturated carbocycles. The summed E-state index contributed by atoms with van der Waals surface area (Å²) in [7, 11) is 1.78. The summed E-state index contributed by atoms with van der Waals surface area (Å²) in [6, 6.07) is 16.4. The number of primary amides is 1. The van der Waals surface area contributed by atoms with Crippen LogP contribution in [0.25, 0.3) is 0 Å². The summed E-state index contributed by atoms with van der Waals surface area (Å²) in [4.78, 5) is 11.6. The fraction of sp³-hybridized carbons (Fsp3) is 0.458. The van der Waals surface area contributed by atoms with E-state index in [9.17, 15) is 4.79 Å². The maximum absolute atomic E-state index is 11.6. The van der Waals surface area contributed by atoms with Gasteiger partial charge in [-0.15, -0.1) is 0 Å². The molecule has 2 aromatic rings. The molecule has 5 nitrogen and oxygen atoms in total. The lowest BCUT2D eigenvalue weighted by Crippen LogP contribution is -2.57. The van der Waals surface area contributed by atoms with E-state index in [1.807, 2.05) is 24.3 Å². The predicted octanol–water partition coefficient (Wildman–Crippen LogP) is 2.77. The number of hydrogen-bond acceptors (Lipinski definition) is 4. The highest BCUT2D eigenvalue weighted by Crippen LogP contribution is 2.38. The van der Waals surface area contributed by atoms with Gasteiger partial charge in [-0.1, -0.05) is 50.2 Å². The van der Waals surface area contributed by atoms with E-state index in [0.717, 1.165) is 32.5 Å². The second-order valence-corrected chi connectivity index (χ2v) is 8.38. The molecule has 156 valence electrons. The number of carbonyl (C=O) groups is 1. The van der Waals surface area contributed by atoms with Gasteiger partial charge in [-0.2, -0.15) is 0 Å². The van der Waals surface area contributed by atoms with Crippen LogP contribution in [0.3, 0.4) is 0 Å². The highest BCUT2D eigenvalue weighted by molar-refractivity contribution is 5.93. The minimum absolute atomic E-state index is 0.0919. The molecule has 0 aliphatic heterocycles. The second-order valence-electron chi connectivity index (χ2n) is 8.38. The van der Waals surface area contributed by atoms with E-state index in [2.05, 4.69) is 48.7 Å². The van der Waals surface area contributed by atoms with Gasteiger partial charge in [0.15, 0.2) is 0 Å². The Morgan fingerprint density at radius 1 is 1.17 bits per heavy atom. The summed E-state index contributed by atoms with van der Waals surface area (Å²) in [5.74, 6) is -0.383. The molecule has 0 saturated heterocycles. The average Bonchev–Trinajstić information content (AvgIpc) is 2.72. The van der Waals surface area contributed by atoms with Crippen molar-refractivity contribution >= 4 is 5.91 Å². The molecular weight excluding hydrogens is 362 g/mol. The first-order valence-electron chi connectivity index (χ1n) is 10.4. The minimum atomic E-state index is -0.383. The Hall–Kier alpha value is -2.21. The highest BCUT2D eigenvalue weighted by atomic mass is 16.5. The Bertz CT molecular complexity index is 820. The summed E-state index contributed by atoms with van der Waals surface area (Å²) in [5.41, 5.74) is 9.62. The first kappa shape index (κ1) is 21.5. The Morgan fingerprint density at radius 3 is 2.62 bits per heavy atom. The monoisotopic (exact) mass is 395 g/mol. The van der Waals surface area contributed by atoms with Crippen LogP contribution in [0.5, 0.6) is 0 Å². The van der Waals surface area contributed by atoms with Gasteiger partial charge in [-0.3, -0.25) is 4.79 Å². The van der Waals surface area contributed by atoms with Gasteiger partial charge in [-0.05, 0) is 48.3 Å². The molecule has 1 amide bonds. The number of methoxy groups -OCH3 is 1. The molecule has 0 radical (unpaired) electrons. The van der Waals surface area contributed by atoms with Crippen LogP contribution in [0, 0.1) is 0 Å². The molecule has 0 spiro atoms. The zero-order chi connectivity index (χ0) is 20.9. The molecule has 0 aromatic heterocycles.